The van der Waals surface area contributed by atoms with Crippen LogP contribution in [-0.2, 0) is 4.79 Å². The van der Waals surface area contributed by atoms with Gasteiger partial charge in [0.1, 0.15) is 5.65 Å². The predicted molar refractivity (Wildman–Crippen MR) is 131 cm³/mol. The molecule has 3 heterocycles. The van der Waals surface area contributed by atoms with Crippen LogP contribution < -0.4 is 4.90 Å². The Hall–Kier alpha value is -1.38. The number of halogens is 3. The van der Waals surface area contributed by atoms with Crippen LogP contribution in [0.3, 0.4) is 0 Å². The van der Waals surface area contributed by atoms with Gasteiger partial charge in [0.25, 0.3) is 0 Å². The molecule has 30 heavy (non-hydrogen) atoms. The molecule has 0 spiro atoms. The fraction of sp³-hybridized carbons (Fsp3) is 0.364. The van der Waals surface area contributed by atoms with Crippen molar-refractivity contribution in [2.45, 2.75) is 33.1 Å². The number of benzene rings is 1. The van der Waals surface area contributed by atoms with Crippen molar-refractivity contribution in [3.05, 3.63) is 49.1 Å². The van der Waals surface area contributed by atoms with E-state index in [0.29, 0.717) is 0 Å². The second kappa shape index (κ2) is 8.63. The molecule has 1 N–H and O–H groups in total. The first-order valence-corrected chi connectivity index (χ1v) is 12.2. The van der Waals surface area contributed by atoms with Crippen LogP contribution in [-0.4, -0.2) is 33.7 Å². The van der Waals surface area contributed by atoms with E-state index in [-0.39, 0.29) is 12.3 Å². The Balaban J connectivity index is 1.79. The third-order valence-electron chi connectivity index (χ3n) is 5.69. The summed E-state index contributed by atoms with van der Waals surface area (Å²) >= 11 is 10.9. The van der Waals surface area contributed by atoms with Crippen LogP contribution >= 0.6 is 47.8 Å². The van der Waals surface area contributed by atoms with E-state index in [2.05, 4.69) is 76.4 Å². The van der Waals surface area contributed by atoms with Crippen molar-refractivity contribution in [3.8, 4) is 5.69 Å². The van der Waals surface area contributed by atoms with Gasteiger partial charge in [-0.2, -0.15) is 0 Å². The van der Waals surface area contributed by atoms with E-state index in [4.69, 9.17) is 10.1 Å². The molecule has 5 nitrogen and oxygen atoms in total. The Bertz CT molecular complexity index is 1110. The summed E-state index contributed by atoms with van der Waals surface area (Å²) in [6, 6.07) is 6.22. The molecule has 8 heteroatoms. The van der Waals surface area contributed by atoms with Crippen LogP contribution in [0.15, 0.2) is 37.8 Å². The number of aliphatic carboxylic acids is 1. The number of anilines is 1. The molecule has 158 valence electrons. The fourth-order valence-corrected chi connectivity index (χ4v) is 6.96. The maximum atomic E-state index is 11.1. The Morgan fingerprint density at radius 2 is 1.77 bits per heavy atom. The molecular formula is C22H22Br3N3O2. The highest BCUT2D eigenvalue weighted by atomic mass is 79.9. The number of nitrogens with zero attached hydrogens (tertiary/aromatic N) is 3. The molecule has 1 aliphatic rings. The summed E-state index contributed by atoms with van der Waals surface area (Å²) in [5, 5.41) is 10.3. The van der Waals surface area contributed by atoms with Gasteiger partial charge in [-0.25, -0.2) is 4.98 Å². The number of hydrogen-bond donors (Lipinski definition) is 1. The number of fused-ring (bicyclic) bond motifs is 1. The van der Waals surface area contributed by atoms with Gasteiger partial charge in [-0.15, -0.1) is 0 Å². The van der Waals surface area contributed by atoms with E-state index in [1.807, 2.05) is 19.1 Å². The lowest BCUT2D eigenvalue weighted by molar-refractivity contribution is -0.138. The highest BCUT2D eigenvalue weighted by molar-refractivity contribution is 9.11. The molecule has 0 amide bonds. The Morgan fingerprint density at radius 3 is 2.37 bits per heavy atom. The molecule has 0 unspecified atom stereocenters. The summed E-state index contributed by atoms with van der Waals surface area (Å²) < 4.78 is 5.08. The lowest BCUT2D eigenvalue weighted by Gasteiger charge is -2.33. The first kappa shape index (κ1) is 21.8. The average Bonchev–Trinajstić information content (AvgIpc) is 2.96. The van der Waals surface area contributed by atoms with Gasteiger partial charge < -0.3 is 10.0 Å². The maximum absolute atomic E-state index is 11.1. The van der Waals surface area contributed by atoms with Crippen molar-refractivity contribution in [2.75, 3.05) is 18.0 Å². The van der Waals surface area contributed by atoms with Gasteiger partial charge in [0.2, 0.25) is 0 Å². The standard InChI is InChI=1S/C22H22Br3N3O2/c1-12-11-28(21-16(24)9-15(23)10-17(21)25)22-20(12)18(7-13(2)26-22)27-5-3-14(4-6-27)8-19(29)30/h7,9-11,14H,3-6,8H2,1-2H3,(H,29,30). The summed E-state index contributed by atoms with van der Waals surface area (Å²) in [5.74, 6) is -0.438. The van der Waals surface area contributed by atoms with E-state index in [1.54, 1.807) is 0 Å². The smallest absolute Gasteiger partial charge is 0.303 e. The molecule has 0 radical (unpaired) electrons. The summed E-state index contributed by atoms with van der Waals surface area (Å²) in [6.07, 6.45) is 4.20. The molecule has 3 aromatic rings. The molecule has 1 saturated heterocycles. The zero-order valence-electron chi connectivity index (χ0n) is 16.8. The highest BCUT2D eigenvalue weighted by Crippen LogP contribution is 2.39. The second-order valence-electron chi connectivity index (χ2n) is 7.91. The van der Waals surface area contributed by atoms with E-state index >= 15 is 0 Å². The number of pyridine rings is 1. The molecule has 0 aliphatic carbocycles. The number of aryl methyl sites for hydroxylation is 2. The number of aromatic nitrogens is 2. The first-order chi connectivity index (χ1) is 14.2. The Morgan fingerprint density at radius 1 is 1.13 bits per heavy atom. The maximum Gasteiger partial charge on any atom is 0.303 e. The van der Waals surface area contributed by atoms with Crippen molar-refractivity contribution >= 4 is 70.5 Å². The number of carboxylic acid groups (broad SMARTS) is 1. The minimum absolute atomic E-state index is 0.262. The van der Waals surface area contributed by atoms with Crippen molar-refractivity contribution in [1.29, 1.82) is 0 Å². The number of hydrogen-bond acceptors (Lipinski definition) is 3. The molecule has 1 aliphatic heterocycles. The highest BCUT2D eigenvalue weighted by Gasteiger charge is 2.25. The van der Waals surface area contributed by atoms with Gasteiger partial charge in [-0.05, 0) is 88.2 Å². The average molecular weight is 600 g/mol. The summed E-state index contributed by atoms with van der Waals surface area (Å²) in [7, 11) is 0. The van der Waals surface area contributed by atoms with Crippen molar-refractivity contribution < 1.29 is 9.90 Å². The molecule has 0 saturated carbocycles. The number of piperidine rings is 1. The third-order valence-corrected chi connectivity index (χ3v) is 7.36. The summed E-state index contributed by atoms with van der Waals surface area (Å²) in [6.45, 7) is 5.88. The van der Waals surface area contributed by atoms with Crippen LogP contribution in [0.25, 0.3) is 16.7 Å². The van der Waals surface area contributed by atoms with Crippen LogP contribution in [0.4, 0.5) is 5.69 Å². The van der Waals surface area contributed by atoms with Gasteiger partial charge in [0.15, 0.2) is 0 Å². The van der Waals surface area contributed by atoms with Crippen molar-refractivity contribution in [1.82, 2.24) is 9.55 Å². The van der Waals surface area contributed by atoms with E-state index < -0.39 is 5.97 Å². The van der Waals surface area contributed by atoms with Crippen LogP contribution in [0.2, 0.25) is 0 Å². The van der Waals surface area contributed by atoms with Gasteiger partial charge in [-0.1, -0.05) is 15.9 Å². The SMILES string of the molecule is Cc1cc(N2CCC(CC(=O)O)CC2)c2c(C)cn(-c3c(Br)cc(Br)cc3Br)c2n1. The first-order valence-electron chi connectivity index (χ1n) is 9.85. The number of rotatable bonds is 4. The minimum atomic E-state index is -0.700. The second-order valence-corrected chi connectivity index (χ2v) is 10.5. The Labute approximate surface area is 200 Å². The van der Waals surface area contributed by atoms with E-state index in [9.17, 15) is 4.79 Å². The van der Waals surface area contributed by atoms with Gasteiger partial charge >= 0.3 is 5.97 Å². The lowest BCUT2D eigenvalue weighted by Crippen LogP contribution is -2.34. The lowest BCUT2D eigenvalue weighted by atomic mass is 9.93. The van der Waals surface area contributed by atoms with Crippen molar-refractivity contribution in [2.24, 2.45) is 5.92 Å². The van der Waals surface area contributed by atoms with Crippen LogP contribution in [0.1, 0.15) is 30.5 Å². The molecule has 1 fully saturated rings. The quantitative estimate of drug-likeness (QED) is 0.366. The molecule has 0 atom stereocenters. The molecule has 0 bridgehead atoms. The predicted octanol–water partition coefficient (Wildman–Crippen LogP) is 6.62. The molecule has 4 rings (SSSR count). The fourth-order valence-electron chi connectivity index (χ4n) is 4.32. The van der Waals surface area contributed by atoms with Gasteiger partial charge in [0.05, 0.1) is 5.69 Å². The molecule has 2 aromatic heterocycles. The normalized spacial score (nSPS) is 15.2. The molecule has 1 aromatic carbocycles. The van der Waals surface area contributed by atoms with Crippen molar-refractivity contribution in [3.63, 3.8) is 0 Å². The largest absolute Gasteiger partial charge is 0.481 e. The summed E-state index contributed by atoms with van der Waals surface area (Å²) in [5.41, 5.74) is 5.27. The minimum Gasteiger partial charge on any atom is -0.481 e. The van der Waals surface area contributed by atoms with E-state index in [0.717, 1.165) is 61.8 Å². The van der Waals surface area contributed by atoms with Gasteiger partial charge in [0, 0.05) is 55.9 Å². The third kappa shape index (κ3) is 4.18. The number of carboxylic acids is 1. The Kier molecular flexibility index (Phi) is 6.28. The number of carbonyl (C=O) groups is 1. The van der Waals surface area contributed by atoms with Crippen LogP contribution in [0, 0.1) is 19.8 Å². The van der Waals surface area contributed by atoms with E-state index in [1.165, 1.54) is 11.3 Å². The monoisotopic (exact) mass is 597 g/mol. The zero-order chi connectivity index (χ0) is 21.6. The molecular weight excluding hydrogens is 578 g/mol. The van der Waals surface area contributed by atoms with Crippen LogP contribution in [0.5, 0.6) is 0 Å². The zero-order valence-corrected chi connectivity index (χ0v) is 21.5. The van der Waals surface area contributed by atoms with Gasteiger partial charge in [-0.3, -0.25) is 9.36 Å². The topological polar surface area (TPSA) is 58.4 Å². The summed E-state index contributed by atoms with van der Waals surface area (Å²) in [4.78, 5) is 18.3.